The van der Waals surface area contributed by atoms with Gasteiger partial charge in [0.2, 0.25) is 0 Å². The summed E-state index contributed by atoms with van der Waals surface area (Å²) in [6.45, 7) is 2.43. The van der Waals surface area contributed by atoms with Crippen molar-refractivity contribution >= 4 is 23.3 Å². The van der Waals surface area contributed by atoms with Crippen molar-refractivity contribution < 1.29 is 14.7 Å². The fourth-order valence-corrected chi connectivity index (χ4v) is 4.09. The van der Waals surface area contributed by atoms with Gasteiger partial charge in [0.1, 0.15) is 0 Å². The molecule has 3 N–H and O–H groups in total. The fraction of sp³-hybridized carbons (Fsp3) is 0.368. The molecule has 1 aliphatic heterocycles. The largest absolute Gasteiger partial charge is 0.481 e. The highest BCUT2D eigenvalue weighted by Gasteiger charge is 2.25. The Balaban J connectivity index is 1.63. The van der Waals surface area contributed by atoms with Crippen molar-refractivity contribution in [3.8, 4) is 0 Å². The van der Waals surface area contributed by atoms with Crippen LogP contribution < -0.4 is 10.6 Å². The maximum absolute atomic E-state index is 12.0. The molecule has 0 spiro atoms. The van der Waals surface area contributed by atoms with Crippen molar-refractivity contribution in [3.63, 3.8) is 0 Å². The van der Waals surface area contributed by atoms with Crippen LogP contribution >= 0.6 is 11.3 Å². The molecule has 0 radical (unpaired) electrons. The molecule has 1 atom stereocenters. The summed E-state index contributed by atoms with van der Waals surface area (Å²) in [4.78, 5) is 26.3. The fourth-order valence-electron chi connectivity index (χ4n) is 3.20. The molecule has 0 saturated carbocycles. The van der Waals surface area contributed by atoms with Gasteiger partial charge in [0.15, 0.2) is 0 Å². The third kappa shape index (κ3) is 4.83. The normalized spacial score (nSPS) is 15.1. The Labute approximate surface area is 156 Å². The number of carbonyl (C=O) groups is 2. The number of amides is 2. The number of carbonyl (C=O) groups excluding carboxylic acids is 1. The van der Waals surface area contributed by atoms with Gasteiger partial charge in [-0.3, -0.25) is 9.69 Å². The van der Waals surface area contributed by atoms with E-state index >= 15 is 0 Å². The van der Waals surface area contributed by atoms with E-state index in [0.29, 0.717) is 6.54 Å². The molecular weight excluding hydrogens is 350 g/mol. The molecule has 26 heavy (non-hydrogen) atoms. The first-order valence-corrected chi connectivity index (χ1v) is 9.59. The molecule has 1 aromatic carbocycles. The van der Waals surface area contributed by atoms with E-state index in [0.717, 1.165) is 25.1 Å². The summed E-state index contributed by atoms with van der Waals surface area (Å²) in [5.41, 5.74) is 2.53. The summed E-state index contributed by atoms with van der Waals surface area (Å²) in [6.07, 6.45) is 0.948. The molecular formula is C19H23N3O3S. The van der Waals surface area contributed by atoms with Gasteiger partial charge in [0, 0.05) is 31.1 Å². The number of nitrogens with one attached hydrogen (secondary N) is 2. The highest BCUT2D eigenvalue weighted by atomic mass is 32.1. The molecule has 1 aliphatic rings. The van der Waals surface area contributed by atoms with Crippen molar-refractivity contribution in [1.82, 2.24) is 15.5 Å². The van der Waals surface area contributed by atoms with Crippen molar-refractivity contribution in [2.75, 3.05) is 19.6 Å². The first-order valence-electron chi connectivity index (χ1n) is 8.71. The van der Waals surface area contributed by atoms with Crippen LogP contribution in [-0.2, 0) is 17.8 Å². The van der Waals surface area contributed by atoms with Crippen LogP contribution in [0.15, 0.2) is 41.8 Å². The number of fused-ring (bicyclic) bond motifs is 1. The average molecular weight is 373 g/mol. The topological polar surface area (TPSA) is 81.7 Å². The van der Waals surface area contributed by atoms with Gasteiger partial charge in [0.25, 0.3) is 0 Å². The molecule has 0 saturated heterocycles. The van der Waals surface area contributed by atoms with Crippen LogP contribution in [0.1, 0.15) is 28.5 Å². The molecule has 6 nitrogen and oxygen atoms in total. The second kappa shape index (κ2) is 8.82. The van der Waals surface area contributed by atoms with Gasteiger partial charge in [-0.05, 0) is 29.0 Å². The van der Waals surface area contributed by atoms with E-state index in [1.165, 1.54) is 10.4 Å². The second-order valence-corrected chi connectivity index (χ2v) is 7.30. The SMILES string of the molecule is O=C(O)CCNC(=O)NCC(c1ccccc1)N1CCc2sccc2C1. The molecule has 1 aromatic heterocycles. The maximum atomic E-state index is 12.0. The van der Waals surface area contributed by atoms with E-state index < -0.39 is 5.97 Å². The summed E-state index contributed by atoms with van der Waals surface area (Å²) >= 11 is 1.81. The zero-order valence-electron chi connectivity index (χ0n) is 14.5. The van der Waals surface area contributed by atoms with Crippen LogP contribution in [0.3, 0.4) is 0 Å². The Hall–Kier alpha value is -2.38. The van der Waals surface area contributed by atoms with Crippen molar-refractivity contribution in [2.45, 2.75) is 25.4 Å². The number of hydrogen-bond donors (Lipinski definition) is 3. The molecule has 2 aromatic rings. The summed E-state index contributed by atoms with van der Waals surface area (Å²) in [5.74, 6) is -0.924. The quantitative estimate of drug-likeness (QED) is 0.697. The number of nitrogens with zero attached hydrogens (tertiary/aromatic N) is 1. The minimum Gasteiger partial charge on any atom is -0.481 e. The number of benzene rings is 1. The van der Waals surface area contributed by atoms with Gasteiger partial charge in [0.05, 0.1) is 12.5 Å². The Morgan fingerprint density at radius 1 is 1.19 bits per heavy atom. The third-order valence-electron chi connectivity index (χ3n) is 4.54. The van der Waals surface area contributed by atoms with Crippen LogP contribution in [0.4, 0.5) is 4.79 Å². The second-order valence-electron chi connectivity index (χ2n) is 6.30. The van der Waals surface area contributed by atoms with Crippen LogP contribution in [0, 0.1) is 0 Å². The van der Waals surface area contributed by atoms with Crippen LogP contribution in [0.2, 0.25) is 0 Å². The first kappa shape index (κ1) is 18.4. The zero-order valence-corrected chi connectivity index (χ0v) is 15.3. The van der Waals surface area contributed by atoms with Gasteiger partial charge in [-0.2, -0.15) is 0 Å². The Morgan fingerprint density at radius 3 is 2.77 bits per heavy atom. The van der Waals surface area contributed by atoms with Crippen molar-refractivity contribution in [1.29, 1.82) is 0 Å². The zero-order chi connectivity index (χ0) is 18.4. The minimum atomic E-state index is -0.924. The Morgan fingerprint density at radius 2 is 2.00 bits per heavy atom. The lowest BCUT2D eigenvalue weighted by Crippen LogP contribution is -2.43. The van der Waals surface area contributed by atoms with E-state index in [-0.39, 0.29) is 25.0 Å². The smallest absolute Gasteiger partial charge is 0.314 e. The number of aliphatic carboxylic acids is 1. The average Bonchev–Trinajstić information content (AvgIpc) is 3.10. The summed E-state index contributed by atoms with van der Waals surface area (Å²) in [5, 5.41) is 16.3. The lowest BCUT2D eigenvalue weighted by Gasteiger charge is -2.35. The minimum absolute atomic E-state index is 0.0782. The third-order valence-corrected chi connectivity index (χ3v) is 5.57. The predicted molar refractivity (Wildman–Crippen MR) is 101 cm³/mol. The van der Waals surface area contributed by atoms with Gasteiger partial charge in [-0.1, -0.05) is 30.3 Å². The molecule has 2 amide bonds. The Bertz CT molecular complexity index is 747. The number of carboxylic acid groups (broad SMARTS) is 1. The van der Waals surface area contributed by atoms with Gasteiger partial charge < -0.3 is 15.7 Å². The van der Waals surface area contributed by atoms with Crippen molar-refractivity contribution in [2.24, 2.45) is 0 Å². The van der Waals surface area contributed by atoms with Gasteiger partial charge >= 0.3 is 12.0 Å². The van der Waals surface area contributed by atoms with Crippen LogP contribution in [0.25, 0.3) is 0 Å². The van der Waals surface area contributed by atoms with E-state index in [4.69, 9.17) is 5.11 Å². The Kier molecular flexibility index (Phi) is 6.25. The molecule has 0 bridgehead atoms. The predicted octanol–water partition coefficient (Wildman–Crippen LogP) is 2.62. The molecule has 7 heteroatoms. The lowest BCUT2D eigenvalue weighted by atomic mass is 10.0. The van der Waals surface area contributed by atoms with E-state index in [1.807, 2.05) is 29.5 Å². The molecule has 138 valence electrons. The summed E-state index contributed by atoms with van der Waals surface area (Å²) in [7, 11) is 0. The van der Waals surface area contributed by atoms with E-state index in [2.05, 4.69) is 39.1 Å². The molecule has 0 aliphatic carbocycles. The van der Waals surface area contributed by atoms with Crippen LogP contribution in [-0.4, -0.2) is 41.6 Å². The summed E-state index contributed by atoms with van der Waals surface area (Å²) in [6, 6.07) is 12.1. The van der Waals surface area contributed by atoms with Gasteiger partial charge in [-0.25, -0.2) is 4.79 Å². The van der Waals surface area contributed by atoms with Crippen LogP contribution in [0.5, 0.6) is 0 Å². The van der Waals surface area contributed by atoms with E-state index in [1.54, 1.807) is 0 Å². The number of hydrogen-bond acceptors (Lipinski definition) is 4. The van der Waals surface area contributed by atoms with Gasteiger partial charge in [-0.15, -0.1) is 11.3 Å². The standard InChI is InChI=1S/C19H23N3O3S/c23-18(24)6-9-20-19(25)21-12-16(14-4-2-1-3-5-14)22-10-7-17-15(13-22)8-11-26-17/h1-5,8,11,16H,6-7,9-10,12-13H2,(H,23,24)(H2,20,21,25). The highest BCUT2D eigenvalue weighted by Crippen LogP contribution is 2.30. The molecule has 0 fully saturated rings. The molecule has 3 rings (SSSR count). The van der Waals surface area contributed by atoms with Crippen molar-refractivity contribution in [3.05, 3.63) is 57.8 Å². The number of urea groups is 1. The van der Waals surface area contributed by atoms with E-state index in [9.17, 15) is 9.59 Å². The summed E-state index contributed by atoms with van der Waals surface area (Å²) < 4.78 is 0. The molecule has 2 heterocycles. The number of rotatable bonds is 7. The first-order chi connectivity index (χ1) is 12.6. The lowest BCUT2D eigenvalue weighted by molar-refractivity contribution is -0.136. The number of carboxylic acids is 1. The maximum Gasteiger partial charge on any atom is 0.314 e. The highest BCUT2D eigenvalue weighted by molar-refractivity contribution is 7.10. The number of thiophene rings is 1. The monoisotopic (exact) mass is 373 g/mol. The molecule has 1 unspecified atom stereocenters.